The molecule has 0 aliphatic carbocycles. The summed E-state index contributed by atoms with van der Waals surface area (Å²) in [7, 11) is 1.54. The number of hydrogen-bond acceptors (Lipinski definition) is 5. The number of aryl methyl sites for hydroxylation is 1. The van der Waals surface area contributed by atoms with E-state index in [0.29, 0.717) is 62.2 Å². The van der Waals surface area contributed by atoms with Gasteiger partial charge in [-0.2, -0.15) is 0 Å². The minimum Gasteiger partial charge on any atom is -0.481 e. The molecule has 4 heterocycles. The van der Waals surface area contributed by atoms with Gasteiger partial charge in [0, 0.05) is 61.3 Å². The van der Waals surface area contributed by atoms with Crippen molar-refractivity contribution in [3.8, 4) is 5.88 Å². The van der Waals surface area contributed by atoms with E-state index in [1.165, 1.54) is 7.11 Å². The van der Waals surface area contributed by atoms with Crippen LogP contribution in [0, 0.1) is 5.92 Å². The smallest absolute Gasteiger partial charge is 0.272 e. The first-order chi connectivity index (χ1) is 15.0. The summed E-state index contributed by atoms with van der Waals surface area (Å²) in [4.78, 5) is 46.1. The Morgan fingerprint density at radius 2 is 2.03 bits per heavy atom. The quantitative estimate of drug-likeness (QED) is 0.590. The number of nitrogens with zero attached hydrogens (tertiary/aromatic N) is 3. The number of pyridine rings is 1. The number of fused-ring (bicyclic) bond motifs is 1. The van der Waals surface area contributed by atoms with Crippen LogP contribution in [0.1, 0.15) is 41.7 Å². The highest BCUT2D eigenvalue weighted by molar-refractivity contribution is 5.97. The first-order valence-corrected chi connectivity index (χ1v) is 10.6. The van der Waals surface area contributed by atoms with Crippen LogP contribution in [0.5, 0.6) is 5.88 Å². The number of aromatic nitrogens is 3. The molecule has 1 amide bonds. The summed E-state index contributed by atoms with van der Waals surface area (Å²) >= 11 is 0. The van der Waals surface area contributed by atoms with Gasteiger partial charge in [0.1, 0.15) is 5.52 Å². The SMILES string of the molecule is COc1ccc(C(=O)C2CCN(C(=O)CCCc3cn4cccc4c(=O)[nH]3)CC2)cn1. The zero-order valence-electron chi connectivity index (χ0n) is 17.5. The number of rotatable bonds is 7. The Morgan fingerprint density at radius 3 is 2.74 bits per heavy atom. The molecular formula is C23H26N4O4. The average molecular weight is 422 g/mol. The molecule has 0 bridgehead atoms. The third-order valence-corrected chi connectivity index (χ3v) is 5.87. The Balaban J connectivity index is 1.25. The molecule has 1 fully saturated rings. The molecule has 3 aromatic heterocycles. The molecule has 1 saturated heterocycles. The van der Waals surface area contributed by atoms with Gasteiger partial charge in [0.2, 0.25) is 11.8 Å². The van der Waals surface area contributed by atoms with Crippen molar-refractivity contribution in [3.05, 3.63) is 64.5 Å². The summed E-state index contributed by atoms with van der Waals surface area (Å²) in [5.41, 5.74) is 1.90. The molecule has 8 heteroatoms. The van der Waals surface area contributed by atoms with Crippen LogP contribution in [-0.4, -0.2) is 51.2 Å². The van der Waals surface area contributed by atoms with Crippen LogP contribution in [0.15, 0.2) is 47.7 Å². The van der Waals surface area contributed by atoms with Crippen LogP contribution < -0.4 is 10.3 Å². The summed E-state index contributed by atoms with van der Waals surface area (Å²) in [6.07, 6.45) is 8.33. The molecule has 8 nitrogen and oxygen atoms in total. The number of methoxy groups -OCH3 is 1. The number of amides is 1. The maximum atomic E-state index is 12.7. The van der Waals surface area contributed by atoms with E-state index in [1.807, 2.05) is 23.4 Å². The standard InChI is InChI=1S/C23H26N4O4/c1-31-20-8-7-17(14-24-20)22(29)16-9-12-26(13-10-16)21(28)6-2-4-18-15-27-11-3-5-19(27)23(30)25-18/h3,5,7-8,11,14-16H,2,4,6,9-10,12-13H2,1H3,(H,25,30). The second-order valence-corrected chi connectivity index (χ2v) is 7.87. The van der Waals surface area contributed by atoms with Crippen molar-refractivity contribution in [2.24, 2.45) is 5.92 Å². The van der Waals surface area contributed by atoms with Crippen molar-refractivity contribution in [1.29, 1.82) is 0 Å². The number of carbonyl (C=O) groups is 2. The van der Waals surface area contributed by atoms with Crippen molar-refractivity contribution >= 4 is 17.2 Å². The molecule has 4 rings (SSSR count). The first kappa shape index (κ1) is 20.8. The van der Waals surface area contributed by atoms with Crippen molar-refractivity contribution in [3.63, 3.8) is 0 Å². The lowest BCUT2D eigenvalue weighted by Crippen LogP contribution is -2.40. The van der Waals surface area contributed by atoms with Gasteiger partial charge < -0.3 is 19.0 Å². The molecule has 0 atom stereocenters. The monoisotopic (exact) mass is 422 g/mol. The van der Waals surface area contributed by atoms with Gasteiger partial charge in [-0.1, -0.05) is 0 Å². The van der Waals surface area contributed by atoms with Gasteiger partial charge >= 0.3 is 0 Å². The van der Waals surface area contributed by atoms with Gasteiger partial charge in [-0.05, 0) is 43.9 Å². The van der Waals surface area contributed by atoms with Crippen molar-refractivity contribution in [2.45, 2.75) is 32.1 Å². The van der Waals surface area contributed by atoms with E-state index in [-0.39, 0.29) is 23.2 Å². The molecular weight excluding hydrogens is 396 g/mol. The largest absolute Gasteiger partial charge is 0.481 e. The highest BCUT2D eigenvalue weighted by Crippen LogP contribution is 2.23. The molecule has 31 heavy (non-hydrogen) atoms. The van der Waals surface area contributed by atoms with E-state index >= 15 is 0 Å². The van der Waals surface area contributed by atoms with Crippen LogP contribution in [0.3, 0.4) is 0 Å². The Kier molecular flexibility index (Phi) is 6.16. The van der Waals surface area contributed by atoms with Gasteiger partial charge in [-0.3, -0.25) is 14.4 Å². The number of nitrogens with one attached hydrogen (secondary N) is 1. The van der Waals surface area contributed by atoms with Crippen molar-refractivity contribution in [2.75, 3.05) is 20.2 Å². The van der Waals surface area contributed by atoms with E-state index < -0.39 is 0 Å². The zero-order chi connectivity index (χ0) is 21.8. The zero-order valence-corrected chi connectivity index (χ0v) is 17.5. The number of piperidine rings is 1. The summed E-state index contributed by atoms with van der Waals surface area (Å²) in [6, 6.07) is 7.03. The first-order valence-electron chi connectivity index (χ1n) is 10.6. The third-order valence-electron chi connectivity index (χ3n) is 5.87. The van der Waals surface area contributed by atoms with Crippen molar-refractivity contribution in [1.82, 2.24) is 19.3 Å². The number of likely N-dealkylation sites (tertiary alicyclic amines) is 1. The average Bonchev–Trinajstić information content (AvgIpc) is 3.28. The number of carbonyl (C=O) groups excluding carboxylic acids is 2. The lowest BCUT2D eigenvalue weighted by atomic mass is 9.89. The van der Waals surface area contributed by atoms with Crippen molar-refractivity contribution < 1.29 is 14.3 Å². The molecule has 1 aliphatic heterocycles. The second-order valence-electron chi connectivity index (χ2n) is 7.87. The normalized spacial score (nSPS) is 14.7. The van der Waals surface area contributed by atoms with Crippen LogP contribution in [-0.2, 0) is 11.2 Å². The predicted octanol–water partition coefficient (Wildman–Crippen LogP) is 2.48. The van der Waals surface area contributed by atoms with E-state index in [4.69, 9.17) is 4.74 Å². The highest BCUT2D eigenvalue weighted by atomic mass is 16.5. The van der Waals surface area contributed by atoms with E-state index in [0.717, 1.165) is 5.69 Å². The van der Waals surface area contributed by atoms with Crippen LogP contribution in [0.4, 0.5) is 0 Å². The fourth-order valence-corrected chi connectivity index (χ4v) is 4.10. The Morgan fingerprint density at radius 1 is 1.23 bits per heavy atom. The van der Waals surface area contributed by atoms with E-state index in [9.17, 15) is 14.4 Å². The molecule has 0 spiro atoms. The van der Waals surface area contributed by atoms with Gasteiger partial charge in [0.25, 0.3) is 5.56 Å². The van der Waals surface area contributed by atoms with Gasteiger partial charge in [0.05, 0.1) is 7.11 Å². The number of aromatic amines is 1. The van der Waals surface area contributed by atoms with E-state index in [2.05, 4.69) is 9.97 Å². The second kappa shape index (κ2) is 9.16. The van der Waals surface area contributed by atoms with Crippen LogP contribution in [0.25, 0.3) is 5.52 Å². The maximum Gasteiger partial charge on any atom is 0.272 e. The molecule has 0 aromatic carbocycles. The molecule has 3 aromatic rings. The fraction of sp³-hybridized carbons (Fsp3) is 0.391. The Bertz CT molecular complexity index is 1120. The maximum absolute atomic E-state index is 12.7. The fourth-order valence-electron chi connectivity index (χ4n) is 4.10. The molecule has 1 N–H and O–H groups in total. The molecule has 0 saturated carbocycles. The van der Waals surface area contributed by atoms with Crippen LogP contribution >= 0.6 is 0 Å². The Labute approximate surface area is 179 Å². The van der Waals surface area contributed by atoms with Gasteiger partial charge in [-0.25, -0.2) is 4.98 Å². The number of Topliss-reactive ketones (excluding diaryl/α,β-unsaturated/α-hetero) is 1. The number of hydrogen-bond donors (Lipinski definition) is 1. The molecule has 162 valence electrons. The molecule has 0 radical (unpaired) electrons. The summed E-state index contributed by atoms with van der Waals surface area (Å²) in [5.74, 6) is 0.569. The number of ether oxygens (including phenoxy) is 1. The van der Waals surface area contributed by atoms with Gasteiger partial charge in [-0.15, -0.1) is 0 Å². The third kappa shape index (κ3) is 4.68. The lowest BCUT2D eigenvalue weighted by Gasteiger charge is -2.31. The Hall–Kier alpha value is -3.42. The van der Waals surface area contributed by atoms with Crippen LogP contribution in [0.2, 0.25) is 0 Å². The minimum absolute atomic E-state index is 0.0756. The summed E-state index contributed by atoms with van der Waals surface area (Å²) in [5, 5.41) is 0. The summed E-state index contributed by atoms with van der Waals surface area (Å²) in [6.45, 7) is 1.18. The number of H-pyrrole nitrogens is 1. The molecule has 1 aliphatic rings. The van der Waals surface area contributed by atoms with Gasteiger partial charge in [0.15, 0.2) is 5.78 Å². The minimum atomic E-state index is -0.118. The van der Waals surface area contributed by atoms with E-state index in [1.54, 1.807) is 28.8 Å². The topological polar surface area (TPSA) is 96.8 Å². The predicted molar refractivity (Wildman–Crippen MR) is 115 cm³/mol. The highest BCUT2D eigenvalue weighted by Gasteiger charge is 2.28. The number of ketones is 1. The molecule has 0 unspecified atom stereocenters. The lowest BCUT2D eigenvalue weighted by molar-refractivity contribution is -0.132. The summed E-state index contributed by atoms with van der Waals surface area (Å²) < 4.78 is 6.83.